The Morgan fingerprint density at radius 2 is 2.20 bits per heavy atom. The number of halogens is 1. The molecular formula is C17H22ClNO. The molecule has 1 fully saturated rings. The van der Waals surface area contributed by atoms with E-state index in [2.05, 4.69) is 42.6 Å². The quantitative estimate of drug-likeness (QED) is 0.803. The van der Waals surface area contributed by atoms with Crippen LogP contribution in [0.5, 0.6) is 5.75 Å². The number of methoxy groups -OCH3 is 1. The molecule has 4 rings (SSSR count). The molecule has 4 atom stereocenters. The minimum absolute atomic E-state index is 0. The van der Waals surface area contributed by atoms with Crippen LogP contribution in [-0.2, 0) is 11.8 Å². The summed E-state index contributed by atoms with van der Waals surface area (Å²) in [7, 11) is 1.75. The highest BCUT2D eigenvalue weighted by molar-refractivity contribution is 5.85. The number of rotatable bonds is 1. The fourth-order valence-corrected chi connectivity index (χ4v) is 4.39. The third-order valence-electron chi connectivity index (χ3n) is 5.51. The van der Waals surface area contributed by atoms with E-state index in [1.807, 2.05) is 0 Å². The number of benzene rings is 1. The summed E-state index contributed by atoms with van der Waals surface area (Å²) < 4.78 is 5.43. The molecule has 2 nitrogen and oxygen atoms in total. The average molecular weight is 292 g/mol. The lowest BCUT2D eigenvalue weighted by Crippen LogP contribution is -2.57. The second kappa shape index (κ2) is 4.78. The number of fused-ring (bicyclic) bond motifs is 3. The summed E-state index contributed by atoms with van der Waals surface area (Å²) in [4.78, 5) is 0. The summed E-state index contributed by atoms with van der Waals surface area (Å²) in [5.74, 6) is 2.45. The smallest absolute Gasteiger partial charge is 0.119 e. The van der Waals surface area contributed by atoms with Gasteiger partial charge >= 0.3 is 0 Å². The molecule has 1 aliphatic heterocycles. The standard InChI is InChI=1S/C17H21NO.ClH/c1-17-6-5-11-7-15(17)16(18-10-11)8-12-3-4-13(19-2)9-14(12)17;/h3-6,9,11,15-16,18H,7-8,10H2,1-2H3;1H/t11?,15?,16?,17-;/m1./s1. The molecule has 2 aliphatic carbocycles. The molecule has 20 heavy (non-hydrogen) atoms. The van der Waals surface area contributed by atoms with Gasteiger partial charge in [0.15, 0.2) is 0 Å². The maximum atomic E-state index is 5.43. The molecule has 0 spiro atoms. The minimum atomic E-state index is 0. The fourth-order valence-electron chi connectivity index (χ4n) is 4.39. The molecule has 2 bridgehead atoms. The van der Waals surface area contributed by atoms with Crippen molar-refractivity contribution in [2.24, 2.45) is 11.8 Å². The number of hydrogen-bond donors (Lipinski definition) is 1. The third-order valence-corrected chi connectivity index (χ3v) is 5.51. The van der Waals surface area contributed by atoms with Crippen LogP contribution in [-0.4, -0.2) is 19.7 Å². The summed E-state index contributed by atoms with van der Waals surface area (Å²) in [6.45, 7) is 3.56. The predicted molar refractivity (Wildman–Crippen MR) is 83.8 cm³/mol. The highest BCUT2D eigenvalue weighted by Crippen LogP contribution is 2.50. The van der Waals surface area contributed by atoms with Crippen LogP contribution in [0, 0.1) is 11.8 Å². The Kier molecular flexibility index (Phi) is 3.34. The molecule has 3 aliphatic rings. The zero-order chi connectivity index (χ0) is 13.0. The Bertz CT molecular complexity index is 556. The van der Waals surface area contributed by atoms with E-state index in [0.29, 0.717) is 6.04 Å². The number of ether oxygens (including phenoxy) is 1. The third kappa shape index (κ3) is 1.82. The lowest BCUT2D eigenvalue weighted by Gasteiger charge is -2.52. The summed E-state index contributed by atoms with van der Waals surface area (Å²) in [6.07, 6.45) is 7.40. The fraction of sp³-hybridized carbons (Fsp3) is 0.529. The first-order valence-electron chi connectivity index (χ1n) is 7.31. The summed E-state index contributed by atoms with van der Waals surface area (Å²) in [5.41, 5.74) is 3.14. The Labute approximate surface area is 127 Å². The Morgan fingerprint density at radius 3 is 3.00 bits per heavy atom. The van der Waals surface area contributed by atoms with Crippen molar-refractivity contribution in [1.82, 2.24) is 5.32 Å². The van der Waals surface area contributed by atoms with Crippen LogP contribution in [0.25, 0.3) is 0 Å². The molecule has 0 aromatic heterocycles. The van der Waals surface area contributed by atoms with Gasteiger partial charge in [-0.05, 0) is 47.9 Å². The van der Waals surface area contributed by atoms with Gasteiger partial charge in [-0.3, -0.25) is 0 Å². The molecule has 3 heteroatoms. The molecule has 0 radical (unpaired) electrons. The molecular weight excluding hydrogens is 270 g/mol. The summed E-state index contributed by atoms with van der Waals surface area (Å²) in [6, 6.07) is 7.25. The zero-order valence-electron chi connectivity index (χ0n) is 12.1. The average Bonchev–Trinajstić information content (AvgIpc) is 2.46. The molecule has 1 aromatic carbocycles. The number of piperidine rings is 1. The zero-order valence-corrected chi connectivity index (χ0v) is 12.9. The van der Waals surface area contributed by atoms with Crippen LogP contribution >= 0.6 is 12.4 Å². The molecule has 0 amide bonds. The minimum Gasteiger partial charge on any atom is -0.497 e. The van der Waals surface area contributed by atoms with Gasteiger partial charge in [0, 0.05) is 18.0 Å². The van der Waals surface area contributed by atoms with Crippen LogP contribution in [0.15, 0.2) is 30.4 Å². The van der Waals surface area contributed by atoms with E-state index in [-0.39, 0.29) is 17.8 Å². The molecule has 1 N–H and O–H groups in total. The van der Waals surface area contributed by atoms with Gasteiger partial charge < -0.3 is 10.1 Å². The van der Waals surface area contributed by atoms with Crippen LogP contribution in [0.2, 0.25) is 0 Å². The largest absolute Gasteiger partial charge is 0.497 e. The number of nitrogens with one attached hydrogen (secondary N) is 1. The second-order valence-electron chi connectivity index (χ2n) is 6.49. The monoisotopic (exact) mass is 291 g/mol. The van der Waals surface area contributed by atoms with Crippen LogP contribution in [0.3, 0.4) is 0 Å². The Hall–Kier alpha value is -0.990. The van der Waals surface area contributed by atoms with Gasteiger partial charge in [-0.2, -0.15) is 0 Å². The second-order valence-corrected chi connectivity index (χ2v) is 6.49. The lowest BCUT2D eigenvalue weighted by atomic mass is 9.56. The first-order chi connectivity index (χ1) is 9.20. The summed E-state index contributed by atoms with van der Waals surface area (Å²) >= 11 is 0. The van der Waals surface area contributed by atoms with Crippen molar-refractivity contribution in [3.8, 4) is 5.75 Å². The van der Waals surface area contributed by atoms with E-state index in [9.17, 15) is 0 Å². The van der Waals surface area contributed by atoms with E-state index in [1.165, 1.54) is 24.0 Å². The SMILES string of the molecule is COc1ccc2c(c1)[C@@]1(C)C=CC3CNC(C2)C1C3.Cl. The van der Waals surface area contributed by atoms with Gasteiger partial charge in [-0.15, -0.1) is 12.4 Å². The predicted octanol–water partition coefficient (Wildman–Crippen LogP) is 3.09. The number of hydrogen-bond acceptors (Lipinski definition) is 2. The van der Waals surface area contributed by atoms with Crippen molar-refractivity contribution >= 4 is 12.4 Å². The van der Waals surface area contributed by atoms with E-state index in [4.69, 9.17) is 4.74 Å². The van der Waals surface area contributed by atoms with Crippen molar-refractivity contribution in [2.75, 3.05) is 13.7 Å². The van der Waals surface area contributed by atoms with E-state index in [1.54, 1.807) is 7.11 Å². The Balaban J connectivity index is 0.00000121. The van der Waals surface area contributed by atoms with Crippen molar-refractivity contribution in [3.63, 3.8) is 0 Å². The van der Waals surface area contributed by atoms with Crippen molar-refractivity contribution in [2.45, 2.75) is 31.2 Å². The first-order valence-corrected chi connectivity index (χ1v) is 7.31. The molecule has 1 heterocycles. The van der Waals surface area contributed by atoms with Gasteiger partial charge in [0.1, 0.15) is 5.75 Å². The topological polar surface area (TPSA) is 21.3 Å². The molecule has 1 aromatic rings. The highest BCUT2D eigenvalue weighted by Gasteiger charge is 2.48. The van der Waals surface area contributed by atoms with Crippen molar-refractivity contribution in [3.05, 3.63) is 41.5 Å². The first kappa shape index (κ1) is 14.0. The van der Waals surface area contributed by atoms with Gasteiger partial charge in [-0.25, -0.2) is 0 Å². The van der Waals surface area contributed by atoms with Gasteiger partial charge in [-0.1, -0.05) is 25.1 Å². The molecule has 1 saturated heterocycles. The highest BCUT2D eigenvalue weighted by atomic mass is 35.5. The molecule has 3 unspecified atom stereocenters. The van der Waals surface area contributed by atoms with Crippen LogP contribution in [0.1, 0.15) is 24.5 Å². The maximum absolute atomic E-state index is 5.43. The van der Waals surface area contributed by atoms with Gasteiger partial charge in [0.2, 0.25) is 0 Å². The van der Waals surface area contributed by atoms with Crippen LogP contribution in [0.4, 0.5) is 0 Å². The lowest BCUT2D eigenvalue weighted by molar-refractivity contribution is 0.149. The van der Waals surface area contributed by atoms with E-state index >= 15 is 0 Å². The van der Waals surface area contributed by atoms with Crippen molar-refractivity contribution in [1.29, 1.82) is 0 Å². The summed E-state index contributed by atoms with van der Waals surface area (Å²) in [5, 5.41) is 3.76. The molecule has 108 valence electrons. The van der Waals surface area contributed by atoms with E-state index in [0.717, 1.165) is 24.1 Å². The van der Waals surface area contributed by atoms with E-state index < -0.39 is 0 Å². The molecule has 0 saturated carbocycles. The number of allylic oxidation sites excluding steroid dienone is 1. The normalized spacial score (nSPS) is 36.8. The van der Waals surface area contributed by atoms with Gasteiger partial charge in [0.05, 0.1) is 7.11 Å². The van der Waals surface area contributed by atoms with Gasteiger partial charge in [0.25, 0.3) is 0 Å². The maximum Gasteiger partial charge on any atom is 0.119 e. The Morgan fingerprint density at radius 1 is 1.35 bits per heavy atom. The van der Waals surface area contributed by atoms with Crippen molar-refractivity contribution < 1.29 is 4.74 Å². The van der Waals surface area contributed by atoms with Crippen LogP contribution < -0.4 is 10.1 Å².